The van der Waals surface area contributed by atoms with E-state index in [1.54, 1.807) is 26.4 Å². The second-order valence-electron chi connectivity index (χ2n) is 4.34. The summed E-state index contributed by atoms with van der Waals surface area (Å²) in [6, 6.07) is 5.40. The summed E-state index contributed by atoms with van der Waals surface area (Å²) in [7, 11) is 3.19. The van der Waals surface area contributed by atoms with Crippen LogP contribution in [0, 0.1) is 0 Å². The third-order valence-corrected chi connectivity index (χ3v) is 3.06. The summed E-state index contributed by atoms with van der Waals surface area (Å²) in [6.07, 6.45) is 0.810. The zero-order valence-electron chi connectivity index (χ0n) is 12.2. The molecule has 1 N–H and O–H groups in total. The minimum Gasteiger partial charge on any atom is -0.497 e. The summed E-state index contributed by atoms with van der Waals surface area (Å²) in [6.45, 7) is 4.58. The Morgan fingerprint density at radius 1 is 1.16 bits per heavy atom. The Bertz CT molecular complexity index is 372. The van der Waals surface area contributed by atoms with E-state index in [4.69, 9.17) is 14.2 Å². The predicted molar refractivity (Wildman–Crippen MR) is 74.8 cm³/mol. The molecule has 0 spiro atoms. The van der Waals surface area contributed by atoms with Crippen molar-refractivity contribution in [3.63, 3.8) is 0 Å². The normalized spacial score (nSPS) is 13.9. The lowest BCUT2D eigenvalue weighted by atomic mass is 9.99. The van der Waals surface area contributed by atoms with Gasteiger partial charge >= 0.3 is 0 Å². The molecule has 0 fully saturated rings. The fraction of sp³-hybridized carbons (Fsp3) is 0.600. The molecule has 1 aromatic rings. The summed E-state index contributed by atoms with van der Waals surface area (Å²) in [5.74, 6) is 1.34. The number of aliphatic hydroxyl groups excluding tert-OH is 1. The Labute approximate surface area is 115 Å². The molecule has 0 aliphatic heterocycles. The minimum atomic E-state index is -0.718. The first-order chi connectivity index (χ1) is 9.17. The van der Waals surface area contributed by atoms with Gasteiger partial charge in [0, 0.05) is 12.2 Å². The fourth-order valence-electron chi connectivity index (χ4n) is 2.10. The summed E-state index contributed by atoms with van der Waals surface area (Å²) >= 11 is 0. The van der Waals surface area contributed by atoms with Gasteiger partial charge in [-0.3, -0.25) is 0 Å². The fourth-order valence-corrected chi connectivity index (χ4v) is 2.10. The third-order valence-electron chi connectivity index (χ3n) is 3.06. The van der Waals surface area contributed by atoms with Crippen LogP contribution in [0.15, 0.2) is 18.2 Å². The van der Waals surface area contributed by atoms with Crippen LogP contribution in [0.25, 0.3) is 0 Å². The van der Waals surface area contributed by atoms with Crippen molar-refractivity contribution >= 4 is 0 Å². The molecule has 0 saturated heterocycles. The minimum absolute atomic E-state index is 0.226. The number of aliphatic hydroxyl groups is 1. The molecule has 19 heavy (non-hydrogen) atoms. The zero-order chi connectivity index (χ0) is 14.3. The van der Waals surface area contributed by atoms with E-state index in [9.17, 15) is 5.11 Å². The molecule has 0 saturated carbocycles. The van der Waals surface area contributed by atoms with E-state index in [0.29, 0.717) is 23.7 Å². The first kappa shape index (κ1) is 15.8. The third kappa shape index (κ3) is 4.11. The van der Waals surface area contributed by atoms with Gasteiger partial charge in [0.2, 0.25) is 0 Å². The molecule has 0 aliphatic rings. The van der Waals surface area contributed by atoms with Crippen molar-refractivity contribution in [2.24, 2.45) is 0 Å². The first-order valence-corrected chi connectivity index (χ1v) is 6.69. The molecule has 0 radical (unpaired) electrons. The van der Waals surface area contributed by atoms with Crippen molar-refractivity contribution in [3.05, 3.63) is 23.8 Å². The van der Waals surface area contributed by atoms with E-state index >= 15 is 0 Å². The van der Waals surface area contributed by atoms with Crippen LogP contribution in [0.3, 0.4) is 0 Å². The van der Waals surface area contributed by atoms with Crippen molar-refractivity contribution in [2.45, 2.75) is 38.9 Å². The van der Waals surface area contributed by atoms with E-state index in [-0.39, 0.29) is 6.10 Å². The maximum Gasteiger partial charge on any atom is 0.125 e. The molecular formula is C15H24O4. The molecule has 0 amide bonds. The molecule has 4 heteroatoms. The van der Waals surface area contributed by atoms with Crippen molar-refractivity contribution in [1.82, 2.24) is 0 Å². The zero-order valence-corrected chi connectivity index (χ0v) is 12.2. The Morgan fingerprint density at radius 3 is 2.42 bits per heavy atom. The number of hydrogen-bond donors (Lipinski definition) is 1. The van der Waals surface area contributed by atoms with Gasteiger partial charge in [-0.05, 0) is 31.5 Å². The van der Waals surface area contributed by atoms with Gasteiger partial charge in [0.05, 0.1) is 20.3 Å². The predicted octanol–water partition coefficient (Wildman–Crippen LogP) is 2.94. The van der Waals surface area contributed by atoms with Crippen LogP contribution in [-0.2, 0) is 4.74 Å². The lowest BCUT2D eigenvalue weighted by Gasteiger charge is -2.24. The van der Waals surface area contributed by atoms with Crippen LogP contribution < -0.4 is 9.47 Å². The van der Waals surface area contributed by atoms with Gasteiger partial charge in [0.25, 0.3) is 0 Å². The Morgan fingerprint density at radius 2 is 1.89 bits per heavy atom. The lowest BCUT2D eigenvalue weighted by molar-refractivity contribution is -0.0393. The van der Waals surface area contributed by atoms with E-state index < -0.39 is 6.10 Å². The van der Waals surface area contributed by atoms with Gasteiger partial charge in [-0.15, -0.1) is 0 Å². The number of rotatable bonds is 8. The topological polar surface area (TPSA) is 47.9 Å². The van der Waals surface area contributed by atoms with Gasteiger partial charge < -0.3 is 19.3 Å². The van der Waals surface area contributed by atoms with Crippen molar-refractivity contribution in [2.75, 3.05) is 20.8 Å². The highest BCUT2D eigenvalue weighted by Crippen LogP contribution is 2.33. The molecule has 1 aromatic carbocycles. The van der Waals surface area contributed by atoms with Crippen molar-refractivity contribution < 1.29 is 19.3 Å². The lowest BCUT2D eigenvalue weighted by Crippen LogP contribution is -2.22. The molecule has 2 atom stereocenters. The highest BCUT2D eigenvalue weighted by molar-refractivity contribution is 5.42. The standard InChI is InChI=1S/C15H24O4/c1-5-7-14(19-6-2)15(16)12-10-11(17-3)8-9-13(12)18-4/h8-10,14-16H,5-7H2,1-4H3. The monoisotopic (exact) mass is 268 g/mol. The van der Waals surface area contributed by atoms with Gasteiger partial charge in [0.15, 0.2) is 0 Å². The second kappa shape index (κ2) is 8.02. The maximum atomic E-state index is 10.5. The average Bonchev–Trinajstić information content (AvgIpc) is 2.45. The Kier molecular flexibility index (Phi) is 6.67. The summed E-state index contributed by atoms with van der Waals surface area (Å²) < 4.78 is 16.1. The molecule has 0 heterocycles. The van der Waals surface area contributed by atoms with Crippen LogP contribution >= 0.6 is 0 Å². The Balaban J connectivity index is 3.02. The smallest absolute Gasteiger partial charge is 0.125 e. The highest BCUT2D eigenvalue weighted by atomic mass is 16.5. The van der Waals surface area contributed by atoms with Crippen LogP contribution in [0.4, 0.5) is 0 Å². The first-order valence-electron chi connectivity index (χ1n) is 6.69. The average molecular weight is 268 g/mol. The molecule has 0 bridgehead atoms. The Hall–Kier alpha value is -1.26. The van der Waals surface area contributed by atoms with Gasteiger partial charge in [0.1, 0.15) is 17.6 Å². The number of hydrogen-bond acceptors (Lipinski definition) is 4. The molecule has 4 nitrogen and oxygen atoms in total. The van der Waals surface area contributed by atoms with E-state index in [1.807, 2.05) is 13.0 Å². The van der Waals surface area contributed by atoms with E-state index in [2.05, 4.69) is 6.92 Å². The molecule has 0 aromatic heterocycles. The maximum absolute atomic E-state index is 10.5. The molecule has 1 rings (SSSR count). The van der Waals surface area contributed by atoms with E-state index in [0.717, 1.165) is 12.8 Å². The molecule has 108 valence electrons. The van der Waals surface area contributed by atoms with Gasteiger partial charge in [-0.25, -0.2) is 0 Å². The largest absolute Gasteiger partial charge is 0.497 e. The number of methoxy groups -OCH3 is 2. The summed E-state index contributed by atoms with van der Waals surface area (Å²) in [5, 5.41) is 10.5. The molecule has 2 unspecified atom stereocenters. The van der Waals surface area contributed by atoms with E-state index in [1.165, 1.54) is 0 Å². The quantitative estimate of drug-likeness (QED) is 0.787. The SMILES string of the molecule is CCCC(OCC)C(O)c1cc(OC)ccc1OC. The van der Waals surface area contributed by atoms with Crippen LogP contribution in [-0.4, -0.2) is 32.0 Å². The van der Waals surface area contributed by atoms with Gasteiger partial charge in [-0.2, -0.15) is 0 Å². The van der Waals surface area contributed by atoms with Gasteiger partial charge in [-0.1, -0.05) is 13.3 Å². The van der Waals surface area contributed by atoms with Crippen LogP contribution in [0.5, 0.6) is 11.5 Å². The summed E-state index contributed by atoms with van der Waals surface area (Å²) in [5.41, 5.74) is 0.703. The van der Waals surface area contributed by atoms with Crippen molar-refractivity contribution in [3.8, 4) is 11.5 Å². The van der Waals surface area contributed by atoms with Crippen LogP contribution in [0.2, 0.25) is 0 Å². The summed E-state index contributed by atoms with van der Waals surface area (Å²) in [4.78, 5) is 0. The molecular weight excluding hydrogens is 244 g/mol. The van der Waals surface area contributed by atoms with Crippen molar-refractivity contribution in [1.29, 1.82) is 0 Å². The van der Waals surface area contributed by atoms with Crippen LogP contribution in [0.1, 0.15) is 38.4 Å². The number of benzene rings is 1. The second-order valence-corrected chi connectivity index (χ2v) is 4.34. The molecule has 0 aliphatic carbocycles. The highest BCUT2D eigenvalue weighted by Gasteiger charge is 2.24. The number of ether oxygens (including phenoxy) is 3.